The van der Waals surface area contributed by atoms with Crippen LogP contribution in [0.3, 0.4) is 0 Å². The van der Waals surface area contributed by atoms with Crippen LogP contribution in [0, 0.1) is 0 Å². The first-order valence-corrected chi connectivity index (χ1v) is 13.4. The summed E-state index contributed by atoms with van der Waals surface area (Å²) in [6, 6.07) is 20.2. The summed E-state index contributed by atoms with van der Waals surface area (Å²) in [5.74, 6) is 0.742. The number of aromatic nitrogens is 2. The first kappa shape index (κ1) is 23.8. The monoisotopic (exact) mass is 560 g/mol. The molecule has 8 heteroatoms. The second-order valence-electron chi connectivity index (χ2n) is 7.54. The van der Waals surface area contributed by atoms with E-state index < -0.39 is 9.84 Å². The number of nitrogens with zero attached hydrogens (tertiary/aromatic N) is 2. The summed E-state index contributed by atoms with van der Waals surface area (Å²) in [5.41, 5.74) is 3.49. The van der Waals surface area contributed by atoms with Crippen LogP contribution < -0.4 is 0 Å². The minimum atomic E-state index is -3.24. The van der Waals surface area contributed by atoms with Gasteiger partial charge in [-0.1, -0.05) is 69.5 Å². The normalized spacial score (nSPS) is 11.9. The second-order valence-corrected chi connectivity index (χ2v) is 11.3. The standard InChI is InChI=1S/C25H19BrCl2N2O2S/c1-33(31,32)21-10-4-18(5-11-21)15-30-16-24(22-12-9-20(27)14-23(22)28)29-25(30)13-6-17-2-7-19(26)8-3-17/h2-14,16H,15H2,1H3. The van der Waals surface area contributed by atoms with Crippen LogP contribution >= 0.6 is 39.1 Å². The van der Waals surface area contributed by atoms with Crippen LogP contribution in [0.5, 0.6) is 0 Å². The second kappa shape index (κ2) is 9.85. The average molecular weight is 562 g/mol. The highest BCUT2D eigenvalue weighted by molar-refractivity contribution is 9.10. The fraction of sp³-hybridized carbons (Fsp3) is 0.0800. The first-order valence-electron chi connectivity index (χ1n) is 9.94. The zero-order valence-electron chi connectivity index (χ0n) is 17.5. The zero-order chi connectivity index (χ0) is 23.6. The maximum atomic E-state index is 11.8. The third-order valence-electron chi connectivity index (χ3n) is 5.01. The molecule has 0 aliphatic rings. The SMILES string of the molecule is CS(=O)(=O)c1ccc(Cn2cc(-c3ccc(Cl)cc3Cl)nc2C=Cc2ccc(Br)cc2)cc1. The molecular formula is C25H19BrCl2N2O2S. The quantitative estimate of drug-likeness (QED) is 0.249. The van der Waals surface area contributed by atoms with Gasteiger partial charge < -0.3 is 4.57 Å². The third kappa shape index (κ3) is 5.95. The fourth-order valence-electron chi connectivity index (χ4n) is 3.30. The molecule has 1 aromatic heterocycles. The molecule has 0 spiro atoms. The maximum absolute atomic E-state index is 11.8. The number of rotatable bonds is 6. The van der Waals surface area contributed by atoms with Crippen LogP contribution in [0.15, 0.2) is 82.3 Å². The van der Waals surface area contributed by atoms with E-state index >= 15 is 0 Å². The molecule has 33 heavy (non-hydrogen) atoms. The van der Waals surface area contributed by atoms with E-state index in [-0.39, 0.29) is 0 Å². The van der Waals surface area contributed by atoms with E-state index in [2.05, 4.69) is 15.9 Å². The number of benzene rings is 3. The van der Waals surface area contributed by atoms with Crippen molar-refractivity contribution in [3.8, 4) is 11.3 Å². The van der Waals surface area contributed by atoms with Crippen molar-refractivity contribution in [2.75, 3.05) is 6.26 Å². The Bertz CT molecular complexity index is 1430. The van der Waals surface area contributed by atoms with Crippen molar-refractivity contribution < 1.29 is 8.42 Å². The van der Waals surface area contributed by atoms with Gasteiger partial charge in [0, 0.05) is 34.1 Å². The average Bonchev–Trinajstić information content (AvgIpc) is 3.15. The van der Waals surface area contributed by atoms with E-state index in [1.165, 1.54) is 6.26 Å². The molecule has 4 aromatic rings. The molecule has 0 atom stereocenters. The highest BCUT2D eigenvalue weighted by Gasteiger charge is 2.13. The van der Waals surface area contributed by atoms with Crippen molar-refractivity contribution in [1.29, 1.82) is 0 Å². The van der Waals surface area contributed by atoms with Gasteiger partial charge in [-0.15, -0.1) is 0 Å². The van der Waals surface area contributed by atoms with Crippen molar-refractivity contribution in [2.24, 2.45) is 0 Å². The Morgan fingerprint density at radius 1 is 0.970 bits per heavy atom. The third-order valence-corrected chi connectivity index (χ3v) is 7.22. The van der Waals surface area contributed by atoms with Gasteiger partial charge in [-0.25, -0.2) is 13.4 Å². The molecular weight excluding hydrogens is 543 g/mol. The van der Waals surface area contributed by atoms with Crippen LogP contribution in [0.1, 0.15) is 17.0 Å². The summed E-state index contributed by atoms with van der Waals surface area (Å²) in [7, 11) is -3.24. The van der Waals surface area contributed by atoms with Gasteiger partial charge in [0.25, 0.3) is 0 Å². The largest absolute Gasteiger partial charge is 0.326 e. The van der Waals surface area contributed by atoms with E-state index in [1.807, 2.05) is 65.4 Å². The lowest BCUT2D eigenvalue weighted by atomic mass is 10.2. The van der Waals surface area contributed by atoms with E-state index in [4.69, 9.17) is 28.2 Å². The predicted molar refractivity (Wildman–Crippen MR) is 139 cm³/mol. The number of imidazole rings is 1. The highest BCUT2D eigenvalue weighted by Crippen LogP contribution is 2.30. The van der Waals surface area contributed by atoms with Gasteiger partial charge in [-0.05, 0) is 59.7 Å². The Morgan fingerprint density at radius 3 is 2.30 bits per heavy atom. The molecule has 0 amide bonds. The lowest BCUT2D eigenvalue weighted by Crippen LogP contribution is -2.02. The van der Waals surface area contributed by atoms with Gasteiger partial charge >= 0.3 is 0 Å². The van der Waals surface area contributed by atoms with E-state index in [1.54, 1.807) is 24.3 Å². The number of hydrogen-bond acceptors (Lipinski definition) is 3. The minimum absolute atomic E-state index is 0.292. The molecule has 0 radical (unpaired) electrons. The van der Waals surface area contributed by atoms with Crippen molar-refractivity contribution in [3.05, 3.63) is 104 Å². The van der Waals surface area contributed by atoms with Crippen molar-refractivity contribution in [2.45, 2.75) is 11.4 Å². The van der Waals surface area contributed by atoms with Crippen molar-refractivity contribution in [1.82, 2.24) is 9.55 Å². The molecule has 3 aromatic carbocycles. The predicted octanol–water partition coefficient (Wildman–Crippen LogP) is 7.24. The zero-order valence-corrected chi connectivity index (χ0v) is 21.5. The molecule has 0 bridgehead atoms. The maximum Gasteiger partial charge on any atom is 0.175 e. The van der Waals surface area contributed by atoms with Gasteiger partial charge in [0.1, 0.15) is 5.82 Å². The Kier molecular flexibility index (Phi) is 7.10. The summed E-state index contributed by atoms with van der Waals surface area (Å²) < 4.78 is 26.5. The van der Waals surface area contributed by atoms with Crippen LogP contribution in [0.4, 0.5) is 0 Å². The lowest BCUT2D eigenvalue weighted by Gasteiger charge is -2.07. The summed E-state index contributed by atoms with van der Waals surface area (Å²) in [5, 5.41) is 1.08. The van der Waals surface area contributed by atoms with Gasteiger partial charge in [-0.2, -0.15) is 0 Å². The van der Waals surface area contributed by atoms with Gasteiger partial charge in [0.2, 0.25) is 0 Å². The number of halogens is 3. The first-order chi connectivity index (χ1) is 15.7. The van der Waals surface area contributed by atoms with Crippen LogP contribution in [0.25, 0.3) is 23.4 Å². The minimum Gasteiger partial charge on any atom is -0.326 e. The molecule has 0 N–H and O–H groups in total. The summed E-state index contributed by atoms with van der Waals surface area (Å²) in [6.45, 7) is 0.516. The number of hydrogen-bond donors (Lipinski definition) is 0. The Balaban J connectivity index is 1.71. The molecule has 168 valence electrons. The fourth-order valence-corrected chi connectivity index (χ4v) is 4.70. The molecule has 0 fully saturated rings. The molecule has 0 aliphatic carbocycles. The molecule has 0 unspecified atom stereocenters. The van der Waals surface area contributed by atoms with E-state index in [9.17, 15) is 8.42 Å². The van der Waals surface area contributed by atoms with E-state index in [0.29, 0.717) is 21.5 Å². The molecule has 4 nitrogen and oxygen atoms in total. The summed E-state index contributed by atoms with van der Waals surface area (Å²) >= 11 is 15.9. The highest BCUT2D eigenvalue weighted by atomic mass is 79.9. The summed E-state index contributed by atoms with van der Waals surface area (Å²) in [6.07, 6.45) is 7.07. The Labute approximate surface area is 211 Å². The van der Waals surface area contributed by atoms with Crippen LogP contribution in [-0.4, -0.2) is 24.2 Å². The molecule has 4 rings (SSSR count). The smallest absolute Gasteiger partial charge is 0.175 e. The van der Waals surface area contributed by atoms with Gasteiger partial charge in [-0.3, -0.25) is 0 Å². The Hall–Kier alpha value is -2.38. The molecule has 1 heterocycles. The molecule has 0 aliphatic heterocycles. The number of sulfone groups is 1. The summed E-state index contributed by atoms with van der Waals surface area (Å²) in [4.78, 5) is 5.09. The van der Waals surface area contributed by atoms with Gasteiger partial charge in [0.15, 0.2) is 9.84 Å². The van der Waals surface area contributed by atoms with Gasteiger partial charge in [0.05, 0.1) is 15.6 Å². The Morgan fingerprint density at radius 2 is 1.67 bits per heavy atom. The van der Waals surface area contributed by atoms with Crippen LogP contribution in [0.2, 0.25) is 10.0 Å². The lowest BCUT2D eigenvalue weighted by molar-refractivity contribution is 0.602. The van der Waals surface area contributed by atoms with Crippen molar-refractivity contribution >= 4 is 61.1 Å². The molecule has 0 saturated heterocycles. The topological polar surface area (TPSA) is 52.0 Å². The van der Waals surface area contributed by atoms with E-state index in [0.717, 1.165) is 32.7 Å². The van der Waals surface area contributed by atoms with Crippen LogP contribution in [-0.2, 0) is 16.4 Å². The molecule has 0 saturated carbocycles. The van der Waals surface area contributed by atoms with Crippen molar-refractivity contribution in [3.63, 3.8) is 0 Å².